The number of nitrogens with two attached hydrogens (primary N) is 1. The Morgan fingerprint density at radius 3 is 1.97 bits per heavy atom. The van der Waals surface area contributed by atoms with Gasteiger partial charge in [0.2, 0.25) is 5.76 Å². The Morgan fingerprint density at radius 2 is 1.55 bits per heavy atom. The van der Waals surface area contributed by atoms with Crippen LogP contribution in [-0.4, -0.2) is 41.1 Å². The zero-order chi connectivity index (χ0) is 22.6. The van der Waals surface area contributed by atoms with Crippen LogP contribution in [-0.2, 0) is 30.0 Å². The van der Waals surface area contributed by atoms with Gasteiger partial charge < -0.3 is 26.0 Å². The summed E-state index contributed by atoms with van der Waals surface area (Å²) in [4.78, 5) is 33.6. The molecule has 0 heterocycles. The Hall–Kier alpha value is -3.03. The summed E-state index contributed by atoms with van der Waals surface area (Å²) in [5, 5.41) is 23.0. The van der Waals surface area contributed by atoms with E-state index < -0.39 is 23.5 Å². The first-order valence-electron chi connectivity index (χ1n) is 9.18. The summed E-state index contributed by atoms with van der Waals surface area (Å²) in [5.74, 6) is -3.56. The number of hydrogen-bond donors (Lipinski definition) is 4. The second-order valence-corrected chi connectivity index (χ2v) is 8.75. The third-order valence-electron chi connectivity index (χ3n) is 4.11. The van der Waals surface area contributed by atoms with E-state index >= 15 is 0 Å². The SMILES string of the molecule is CC(C)(C)c1cc(C=C(O)C(=O)OCCNC(=O)C(N)=O)cc(C(C)(C)C)c1O. The number of phenolic OH excluding ortho intramolecular Hbond substituents is 1. The van der Waals surface area contributed by atoms with Gasteiger partial charge in [-0.3, -0.25) is 9.59 Å². The summed E-state index contributed by atoms with van der Waals surface area (Å²) in [5.41, 5.74) is 5.97. The molecule has 0 aliphatic rings. The molecule has 0 aliphatic heterocycles. The topological polar surface area (TPSA) is 139 Å². The van der Waals surface area contributed by atoms with E-state index in [4.69, 9.17) is 10.5 Å². The fourth-order valence-corrected chi connectivity index (χ4v) is 2.57. The van der Waals surface area contributed by atoms with Crippen LogP contribution in [0.3, 0.4) is 0 Å². The molecule has 0 saturated carbocycles. The minimum Gasteiger partial charge on any atom is -0.507 e. The van der Waals surface area contributed by atoms with Crippen molar-refractivity contribution in [3.63, 3.8) is 0 Å². The first kappa shape index (κ1) is 24.0. The highest BCUT2D eigenvalue weighted by Gasteiger charge is 2.26. The predicted octanol–water partition coefficient (Wildman–Crippen LogP) is 2.03. The van der Waals surface area contributed by atoms with Gasteiger partial charge in [-0.25, -0.2) is 4.79 Å². The molecule has 0 aromatic heterocycles. The quantitative estimate of drug-likeness (QED) is 0.194. The number of hydrogen-bond acceptors (Lipinski definition) is 6. The number of aliphatic hydroxyl groups excluding tert-OH is 1. The summed E-state index contributed by atoms with van der Waals surface area (Å²) in [6, 6.07) is 3.42. The van der Waals surface area contributed by atoms with Crippen molar-refractivity contribution >= 4 is 23.9 Å². The van der Waals surface area contributed by atoms with Crippen LogP contribution < -0.4 is 11.1 Å². The van der Waals surface area contributed by atoms with Crippen LogP contribution in [0.4, 0.5) is 0 Å². The molecular formula is C21H30N2O6. The van der Waals surface area contributed by atoms with Crippen molar-refractivity contribution in [2.24, 2.45) is 5.73 Å². The molecule has 0 aliphatic carbocycles. The highest BCUT2D eigenvalue weighted by molar-refractivity contribution is 6.34. The van der Waals surface area contributed by atoms with Crippen molar-refractivity contribution < 1.29 is 29.3 Å². The van der Waals surface area contributed by atoms with Gasteiger partial charge in [-0.15, -0.1) is 0 Å². The lowest BCUT2D eigenvalue weighted by Crippen LogP contribution is -2.37. The number of carbonyl (C=O) groups is 3. The maximum absolute atomic E-state index is 12.0. The third kappa shape index (κ3) is 6.81. The number of rotatable bonds is 5. The smallest absolute Gasteiger partial charge is 0.373 e. The van der Waals surface area contributed by atoms with Gasteiger partial charge in [0.15, 0.2) is 0 Å². The Kier molecular flexibility index (Phi) is 7.43. The number of phenols is 1. The van der Waals surface area contributed by atoms with E-state index in [1.165, 1.54) is 6.08 Å². The number of ether oxygens (including phenoxy) is 1. The number of primary amides is 1. The molecule has 1 aromatic carbocycles. The van der Waals surface area contributed by atoms with Gasteiger partial charge in [-0.1, -0.05) is 41.5 Å². The summed E-state index contributed by atoms with van der Waals surface area (Å²) in [6.45, 7) is 11.4. The van der Waals surface area contributed by atoms with E-state index in [1.807, 2.05) is 41.5 Å². The number of esters is 1. The minimum absolute atomic E-state index is 0.123. The number of aliphatic hydroxyl groups is 1. The Labute approximate surface area is 170 Å². The first-order chi connectivity index (χ1) is 13.1. The van der Waals surface area contributed by atoms with E-state index in [2.05, 4.69) is 5.32 Å². The van der Waals surface area contributed by atoms with Crippen molar-refractivity contribution in [3.8, 4) is 5.75 Å². The number of nitrogens with one attached hydrogen (secondary N) is 1. The van der Waals surface area contributed by atoms with E-state index in [0.29, 0.717) is 16.7 Å². The molecular weight excluding hydrogens is 376 g/mol. The lowest BCUT2D eigenvalue weighted by atomic mass is 9.78. The van der Waals surface area contributed by atoms with Crippen molar-refractivity contribution in [3.05, 3.63) is 34.6 Å². The third-order valence-corrected chi connectivity index (χ3v) is 4.11. The maximum Gasteiger partial charge on any atom is 0.373 e. The van der Waals surface area contributed by atoms with Crippen molar-refractivity contribution in [2.45, 2.75) is 52.4 Å². The first-order valence-corrected chi connectivity index (χ1v) is 9.18. The van der Waals surface area contributed by atoms with Crippen molar-refractivity contribution in [2.75, 3.05) is 13.2 Å². The van der Waals surface area contributed by atoms with E-state index in [1.54, 1.807) is 12.1 Å². The van der Waals surface area contributed by atoms with Gasteiger partial charge in [-0.2, -0.15) is 0 Å². The van der Waals surface area contributed by atoms with E-state index in [-0.39, 0.29) is 29.7 Å². The van der Waals surface area contributed by atoms with Crippen LogP contribution in [0.1, 0.15) is 58.2 Å². The van der Waals surface area contributed by atoms with Crippen LogP contribution in [0.15, 0.2) is 17.9 Å². The van der Waals surface area contributed by atoms with Crippen LogP contribution in [0.25, 0.3) is 6.08 Å². The summed E-state index contributed by atoms with van der Waals surface area (Å²) >= 11 is 0. The van der Waals surface area contributed by atoms with Crippen LogP contribution in [0.5, 0.6) is 5.75 Å². The molecule has 0 bridgehead atoms. The molecule has 0 unspecified atom stereocenters. The second-order valence-electron chi connectivity index (χ2n) is 8.75. The molecule has 5 N–H and O–H groups in total. The van der Waals surface area contributed by atoms with E-state index in [0.717, 1.165) is 0 Å². The molecule has 0 atom stereocenters. The molecule has 0 radical (unpaired) electrons. The molecule has 2 amide bonds. The summed E-state index contributed by atoms with van der Waals surface area (Å²) in [7, 11) is 0. The van der Waals surface area contributed by atoms with Crippen molar-refractivity contribution in [1.82, 2.24) is 5.32 Å². The second kappa shape index (κ2) is 8.98. The van der Waals surface area contributed by atoms with Gasteiger partial charge >= 0.3 is 17.8 Å². The van der Waals surface area contributed by atoms with Gasteiger partial charge in [-0.05, 0) is 34.6 Å². The average molecular weight is 406 g/mol. The lowest BCUT2D eigenvalue weighted by molar-refractivity contribution is -0.142. The normalized spacial score (nSPS) is 12.4. The minimum atomic E-state index is -1.14. The Bertz CT molecular complexity index is 794. The average Bonchev–Trinajstić information content (AvgIpc) is 2.57. The molecule has 8 heteroatoms. The van der Waals surface area contributed by atoms with E-state index in [9.17, 15) is 24.6 Å². The van der Waals surface area contributed by atoms with Crippen LogP contribution in [0, 0.1) is 0 Å². The molecule has 0 spiro atoms. The van der Waals surface area contributed by atoms with Gasteiger partial charge in [0.05, 0.1) is 6.54 Å². The zero-order valence-corrected chi connectivity index (χ0v) is 17.8. The molecule has 8 nitrogen and oxygen atoms in total. The molecule has 0 saturated heterocycles. The lowest BCUT2D eigenvalue weighted by Gasteiger charge is -2.27. The Balaban J connectivity index is 3.05. The van der Waals surface area contributed by atoms with Crippen LogP contribution >= 0.6 is 0 Å². The maximum atomic E-state index is 12.0. The highest BCUT2D eigenvalue weighted by atomic mass is 16.5. The van der Waals surface area contributed by atoms with Gasteiger partial charge in [0.1, 0.15) is 12.4 Å². The van der Waals surface area contributed by atoms with Gasteiger partial charge in [0.25, 0.3) is 0 Å². The summed E-state index contributed by atoms with van der Waals surface area (Å²) < 4.78 is 4.85. The fraction of sp³-hybridized carbons (Fsp3) is 0.476. The number of carbonyl (C=O) groups excluding carboxylic acids is 3. The molecule has 29 heavy (non-hydrogen) atoms. The summed E-state index contributed by atoms with van der Waals surface area (Å²) in [6.07, 6.45) is 1.26. The molecule has 0 fully saturated rings. The monoisotopic (exact) mass is 406 g/mol. The standard InChI is InChI=1S/C21H30N2O6/c1-20(2,3)13-9-12(10-14(16(13)25)21(4,5)6)11-15(24)19(28)29-8-7-23-18(27)17(22)26/h9-11,24-25H,7-8H2,1-6H3,(H2,22,26)(H,23,27). The number of aromatic hydroxyl groups is 1. The highest BCUT2D eigenvalue weighted by Crippen LogP contribution is 2.40. The van der Waals surface area contributed by atoms with Gasteiger partial charge in [0, 0.05) is 11.1 Å². The number of amides is 2. The molecule has 160 valence electrons. The largest absolute Gasteiger partial charge is 0.507 e. The zero-order valence-electron chi connectivity index (χ0n) is 17.8. The number of benzene rings is 1. The Morgan fingerprint density at radius 1 is 1.07 bits per heavy atom. The molecule has 1 aromatic rings. The van der Waals surface area contributed by atoms with Crippen LogP contribution in [0.2, 0.25) is 0 Å². The van der Waals surface area contributed by atoms with Crippen molar-refractivity contribution in [1.29, 1.82) is 0 Å². The fourth-order valence-electron chi connectivity index (χ4n) is 2.57. The molecule has 1 rings (SSSR count). The predicted molar refractivity (Wildman–Crippen MR) is 109 cm³/mol.